The molecule has 2 heterocycles. The fraction of sp³-hybridized carbons (Fsp3) is 0.579. The number of rotatable bonds is 3. The first-order valence-corrected chi connectivity index (χ1v) is 9.83. The van der Waals surface area contributed by atoms with Crippen molar-refractivity contribution < 1.29 is 18.7 Å². The Labute approximate surface area is 169 Å². The maximum Gasteiger partial charge on any atom is 0.322 e. The van der Waals surface area contributed by atoms with Gasteiger partial charge in [-0.1, -0.05) is 17.7 Å². The van der Waals surface area contributed by atoms with Crippen LogP contribution in [0.5, 0.6) is 0 Å². The zero-order valence-electron chi connectivity index (χ0n) is 16.2. The van der Waals surface area contributed by atoms with Crippen LogP contribution in [0.2, 0.25) is 5.02 Å². The Morgan fingerprint density at radius 2 is 1.93 bits per heavy atom. The number of amides is 4. The monoisotopic (exact) mass is 412 g/mol. The number of carbonyl (C=O) groups is 2. The summed E-state index contributed by atoms with van der Waals surface area (Å²) in [5.74, 6) is -0.653. The van der Waals surface area contributed by atoms with Gasteiger partial charge in [0, 0.05) is 46.4 Å². The number of likely N-dealkylation sites (tertiary alicyclic amines) is 1. The second-order valence-electron chi connectivity index (χ2n) is 7.35. The molecule has 2 saturated heterocycles. The number of urea groups is 2. The van der Waals surface area contributed by atoms with Crippen LogP contribution in [0.25, 0.3) is 0 Å². The van der Waals surface area contributed by atoms with Crippen LogP contribution in [0.15, 0.2) is 18.2 Å². The van der Waals surface area contributed by atoms with E-state index < -0.39 is 5.82 Å². The Morgan fingerprint density at radius 1 is 1.21 bits per heavy atom. The van der Waals surface area contributed by atoms with E-state index in [4.69, 9.17) is 16.3 Å². The molecule has 1 aromatic carbocycles. The zero-order valence-corrected chi connectivity index (χ0v) is 16.9. The number of ether oxygens (including phenoxy) is 1. The molecule has 1 atom stereocenters. The van der Waals surface area contributed by atoms with E-state index in [2.05, 4.69) is 5.32 Å². The van der Waals surface area contributed by atoms with E-state index in [1.54, 1.807) is 30.0 Å². The lowest BCUT2D eigenvalue weighted by Gasteiger charge is -2.38. The number of carbonyl (C=O) groups excluding carboxylic acids is 2. The van der Waals surface area contributed by atoms with Gasteiger partial charge in [-0.15, -0.1) is 0 Å². The molecule has 7 nitrogen and oxygen atoms in total. The topological polar surface area (TPSA) is 65.1 Å². The van der Waals surface area contributed by atoms with E-state index in [1.165, 1.54) is 17.0 Å². The number of hydrogen-bond donors (Lipinski definition) is 1. The van der Waals surface area contributed by atoms with Crippen molar-refractivity contribution in [3.05, 3.63) is 29.0 Å². The molecule has 4 amide bonds. The zero-order chi connectivity index (χ0) is 20.3. The van der Waals surface area contributed by atoms with Crippen molar-refractivity contribution in [1.29, 1.82) is 0 Å². The molecule has 154 valence electrons. The third kappa shape index (κ3) is 4.50. The number of halogens is 2. The summed E-state index contributed by atoms with van der Waals surface area (Å²) in [6.45, 7) is 2.19. The van der Waals surface area contributed by atoms with Crippen LogP contribution in [0.1, 0.15) is 19.3 Å². The average molecular weight is 413 g/mol. The summed E-state index contributed by atoms with van der Waals surface area (Å²) >= 11 is 5.83. The number of anilines is 1. The van der Waals surface area contributed by atoms with Gasteiger partial charge in [-0.05, 0) is 31.4 Å². The standard InChI is InChI=1S/C19H26ClFN4O3/c1-23(2)19(27)24-9-6-14(12-24)25(13-7-10-28-11-8-13)18(26)22-16-5-3-4-15(20)17(16)21/h3-5,13-14H,6-12H2,1-2H3,(H,22,26). The van der Waals surface area contributed by atoms with Crippen molar-refractivity contribution in [3.63, 3.8) is 0 Å². The Morgan fingerprint density at radius 3 is 2.61 bits per heavy atom. The highest BCUT2D eigenvalue weighted by molar-refractivity contribution is 6.31. The van der Waals surface area contributed by atoms with Crippen molar-refractivity contribution >= 4 is 29.4 Å². The van der Waals surface area contributed by atoms with E-state index >= 15 is 0 Å². The molecule has 0 spiro atoms. The smallest absolute Gasteiger partial charge is 0.322 e. The Bertz CT molecular complexity index is 727. The summed E-state index contributed by atoms with van der Waals surface area (Å²) in [6, 6.07) is 3.91. The summed E-state index contributed by atoms with van der Waals surface area (Å²) < 4.78 is 19.7. The minimum absolute atomic E-state index is 0.0181. The molecule has 28 heavy (non-hydrogen) atoms. The predicted octanol–water partition coefficient (Wildman–Crippen LogP) is 3.25. The largest absolute Gasteiger partial charge is 0.381 e. The van der Waals surface area contributed by atoms with Crippen LogP contribution in [0.3, 0.4) is 0 Å². The summed E-state index contributed by atoms with van der Waals surface area (Å²) in [4.78, 5) is 30.4. The number of hydrogen-bond acceptors (Lipinski definition) is 3. The van der Waals surface area contributed by atoms with Crippen molar-refractivity contribution in [3.8, 4) is 0 Å². The van der Waals surface area contributed by atoms with Gasteiger partial charge in [-0.2, -0.15) is 0 Å². The fourth-order valence-corrected chi connectivity index (χ4v) is 3.97. The summed E-state index contributed by atoms with van der Waals surface area (Å²) in [6.07, 6.45) is 2.11. The molecule has 0 aromatic heterocycles. The van der Waals surface area contributed by atoms with Gasteiger partial charge in [0.2, 0.25) is 0 Å². The molecule has 1 aromatic rings. The van der Waals surface area contributed by atoms with Crippen molar-refractivity contribution in [2.24, 2.45) is 0 Å². The van der Waals surface area contributed by atoms with Crippen LogP contribution in [-0.4, -0.2) is 79.2 Å². The van der Waals surface area contributed by atoms with Crippen LogP contribution in [-0.2, 0) is 4.74 Å². The van der Waals surface area contributed by atoms with E-state index in [1.807, 2.05) is 0 Å². The maximum atomic E-state index is 14.3. The minimum atomic E-state index is -0.653. The SMILES string of the molecule is CN(C)C(=O)N1CCC(N(C(=O)Nc2cccc(Cl)c2F)C2CCOCC2)C1. The van der Waals surface area contributed by atoms with Crippen LogP contribution in [0.4, 0.5) is 19.7 Å². The highest BCUT2D eigenvalue weighted by Crippen LogP contribution is 2.27. The van der Waals surface area contributed by atoms with Gasteiger partial charge in [-0.25, -0.2) is 14.0 Å². The molecule has 1 N–H and O–H groups in total. The van der Waals surface area contributed by atoms with Crippen molar-refractivity contribution in [2.75, 3.05) is 45.7 Å². The second kappa shape index (κ2) is 8.96. The first-order valence-electron chi connectivity index (χ1n) is 9.45. The number of benzene rings is 1. The third-order valence-corrected chi connectivity index (χ3v) is 5.51. The third-order valence-electron chi connectivity index (χ3n) is 5.22. The Kier molecular flexibility index (Phi) is 6.61. The normalized spacial score (nSPS) is 20.1. The number of nitrogens with one attached hydrogen (secondary N) is 1. The molecule has 2 aliphatic heterocycles. The average Bonchev–Trinajstić information content (AvgIpc) is 3.15. The van der Waals surface area contributed by atoms with Crippen molar-refractivity contribution in [2.45, 2.75) is 31.3 Å². The quantitative estimate of drug-likeness (QED) is 0.828. The van der Waals surface area contributed by atoms with Gasteiger partial charge in [0.15, 0.2) is 5.82 Å². The van der Waals surface area contributed by atoms with Gasteiger partial charge in [0.05, 0.1) is 16.8 Å². The molecule has 3 rings (SSSR count). The van der Waals surface area contributed by atoms with Crippen LogP contribution < -0.4 is 5.32 Å². The van der Waals surface area contributed by atoms with Gasteiger partial charge in [0.1, 0.15) is 0 Å². The lowest BCUT2D eigenvalue weighted by Crippen LogP contribution is -2.52. The van der Waals surface area contributed by atoms with E-state index in [9.17, 15) is 14.0 Å². The fourth-order valence-electron chi connectivity index (χ4n) is 3.80. The lowest BCUT2D eigenvalue weighted by atomic mass is 10.0. The first kappa shape index (κ1) is 20.7. The number of nitrogens with zero attached hydrogens (tertiary/aromatic N) is 3. The Balaban J connectivity index is 1.78. The minimum Gasteiger partial charge on any atom is -0.381 e. The molecule has 0 bridgehead atoms. The van der Waals surface area contributed by atoms with E-state index in [0.29, 0.717) is 45.6 Å². The van der Waals surface area contributed by atoms with Crippen LogP contribution >= 0.6 is 11.6 Å². The van der Waals surface area contributed by atoms with Gasteiger partial charge < -0.3 is 24.8 Å². The van der Waals surface area contributed by atoms with Crippen LogP contribution in [0, 0.1) is 5.82 Å². The maximum absolute atomic E-state index is 14.3. The highest BCUT2D eigenvalue weighted by atomic mass is 35.5. The molecule has 2 fully saturated rings. The molecule has 1 unspecified atom stereocenters. The van der Waals surface area contributed by atoms with E-state index in [0.717, 1.165) is 0 Å². The molecular weight excluding hydrogens is 387 g/mol. The molecule has 0 radical (unpaired) electrons. The van der Waals surface area contributed by atoms with Gasteiger partial charge in [0.25, 0.3) is 0 Å². The van der Waals surface area contributed by atoms with E-state index in [-0.39, 0.29) is 34.9 Å². The first-order chi connectivity index (χ1) is 13.4. The molecule has 0 aliphatic carbocycles. The summed E-state index contributed by atoms with van der Waals surface area (Å²) in [5, 5.41) is 2.62. The summed E-state index contributed by atoms with van der Waals surface area (Å²) in [5.41, 5.74) is 0.0498. The molecule has 9 heteroatoms. The lowest BCUT2D eigenvalue weighted by molar-refractivity contribution is 0.0370. The second-order valence-corrected chi connectivity index (χ2v) is 7.76. The summed E-state index contributed by atoms with van der Waals surface area (Å²) in [7, 11) is 3.42. The highest BCUT2D eigenvalue weighted by Gasteiger charge is 2.38. The van der Waals surface area contributed by atoms with Crippen molar-refractivity contribution in [1.82, 2.24) is 14.7 Å². The predicted molar refractivity (Wildman–Crippen MR) is 105 cm³/mol. The molecule has 2 aliphatic rings. The molecular formula is C19H26ClFN4O3. The Hall–Kier alpha value is -2.06. The van der Waals surface area contributed by atoms with Gasteiger partial charge in [-0.3, -0.25) is 0 Å². The molecule has 0 saturated carbocycles. The van der Waals surface area contributed by atoms with Gasteiger partial charge >= 0.3 is 12.1 Å².